The highest BCUT2D eigenvalue weighted by molar-refractivity contribution is 5.72. The summed E-state index contributed by atoms with van der Waals surface area (Å²) >= 11 is 0. The van der Waals surface area contributed by atoms with Crippen LogP contribution in [0, 0.1) is 0 Å². The lowest BCUT2D eigenvalue weighted by atomic mass is 10.1. The molecule has 3 aromatic rings. The Morgan fingerprint density at radius 2 is 1.68 bits per heavy atom. The van der Waals surface area contributed by atoms with E-state index in [0.29, 0.717) is 16.9 Å². The molecule has 0 atom stereocenters. The highest BCUT2D eigenvalue weighted by Crippen LogP contribution is 2.32. The van der Waals surface area contributed by atoms with Crippen molar-refractivity contribution in [1.82, 2.24) is 10.2 Å². The Morgan fingerprint density at radius 3 is 2.36 bits per heavy atom. The zero-order valence-electron chi connectivity index (χ0n) is 12.6. The zero-order chi connectivity index (χ0) is 18.0. The van der Waals surface area contributed by atoms with E-state index in [4.69, 9.17) is 5.73 Å². The highest BCUT2D eigenvalue weighted by Gasteiger charge is 2.30. The van der Waals surface area contributed by atoms with E-state index < -0.39 is 17.3 Å². The summed E-state index contributed by atoms with van der Waals surface area (Å²) in [6, 6.07) is 11.0. The minimum atomic E-state index is -4.48. The Balaban J connectivity index is 1.96. The standard InChI is InChI=1S/C16H12F3N5O/c17-16(18,19)10-2-1-3-12(8-10)21-23-14-13(22-24-15(14)25)9-4-6-11(20)7-5-9/h1-8H,20H2,(H2,22,24,25). The number of rotatable bonds is 3. The summed E-state index contributed by atoms with van der Waals surface area (Å²) in [6.45, 7) is 0. The first-order valence-corrected chi connectivity index (χ1v) is 7.10. The maximum Gasteiger partial charge on any atom is 0.416 e. The van der Waals surface area contributed by atoms with Gasteiger partial charge in [-0.3, -0.25) is 15.0 Å². The summed E-state index contributed by atoms with van der Waals surface area (Å²) in [5.74, 6) is 0. The van der Waals surface area contributed by atoms with Gasteiger partial charge in [-0.2, -0.15) is 18.3 Å². The van der Waals surface area contributed by atoms with Crippen LogP contribution in [0.25, 0.3) is 11.3 Å². The summed E-state index contributed by atoms with van der Waals surface area (Å²) in [7, 11) is 0. The molecule has 0 aliphatic carbocycles. The van der Waals surface area contributed by atoms with Crippen LogP contribution in [0.3, 0.4) is 0 Å². The summed E-state index contributed by atoms with van der Waals surface area (Å²) in [6.07, 6.45) is -4.48. The van der Waals surface area contributed by atoms with Crippen LogP contribution in [0.15, 0.2) is 63.6 Å². The minimum Gasteiger partial charge on any atom is -0.399 e. The number of hydrogen-bond acceptors (Lipinski definition) is 4. The second kappa shape index (κ2) is 6.27. The van der Waals surface area contributed by atoms with Crippen molar-refractivity contribution >= 4 is 17.1 Å². The van der Waals surface area contributed by atoms with E-state index in [1.54, 1.807) is 24.3 Å². The SMILES string of the molecule is Nc1ccc(-c2[nH][nH]c(=O)c2N=Nc2cccc(C(F)(F)F)c2)cc1. The van der Waals surface area contributed by atoms with E-state index in [1.165, 1.54) is 12.1 Å². The fourth-order valence-corrected chi connectivity index (χ4v) is 2.16. The maximum atomic E-state index is 12.7. The van der Waals surface area contributed by atoms with Crippen molar-refractivity contribution in [3.63, 3.8) is 0 Å². The number of nitrogens with one attached hydrogen (secondary N) is 2. The number of aromatic amines is 2. The van der Waals surface area contributed by atoms with E-state index in [1.807, 2.05) is 0 Å². The lowest BCUT2D eigenvalue weighted by Gasteiger charge is -2.05. The summed E-state index contributed by atoms with van der Waals surface area (Å²) in [5.41, 5.74) is 5.72. The first kappa shape index (κ1) is 16.5. The van der Waals surface area contributed by atoms with Gasteiger partial charge in [0, 0.05) is 11.3 Å². The molecule has 3 rings (SSSR count). The molecule has 1 heterocycles. The molecule has 0 saturated carbocycles. The van der Waals surface area contributed by atoms with E-state index in [9.17, 15) is 18.0 Å². The van der Waals surface area contributed by atoms with E-state index in [2.05, 4.69) is 20.4 Å². The average Bonchev–Trinajstić information content (AvgIpc) is 2.94. The molecule has 2 aromatic carbocycles. The van der Waals surface area contributed by atoms with Crippen molar-refractivity contribution < 1.29 is 13.2 Å². The lowest BCUT2D eigenvalue weighted by molar-refractivity contribution is -0.137. The number of nitrogens with two attached hydrogens (primary N) is 1. The smallest absolute Gasteiger partial charge is 0.399 e. The lowest BCUT2D eigenvalue weighted by Crippen LogP contribution is -2.03. The molecule has 1 aromatic heterocycles. The Morgan fingerprint density at radius 1 is 0.960 bits per heavy atom. The quantitative estimate of drug-likeness (QED) is 0.484. The van der Waals surface area contributed by atoms with Crippen LogP contribution in [-0.2, 0) is 6.18 Å². The van der Waals surface area contributed by atoms with Crippen LogP contribution in [0.5, 0.6) is 0 Å². The molecule has 0 bridgehead atoms. The van der Waals surface area contributed by atoms with E-state index in [-0.39, 0.29) is 11.4 Å². The molecule has 0 saturated heterocycles. The first-order valence-electron chi connectivity index (χ1n) is 7.10. The summed E-state index contributed by atoms with van der Waals surface area (Å²) in [5, 5.41) is 12.6. The van der Waals surface area contributed by atoms with Gasteiger partial charge in [0.05, 0.1) is 16.9 Å². The Labute approximate surface area is 139 Å². The van der Waals surface area contributed by atoms with Crippen molar-refractivity contribution in [3.05, 3.63) is 64.4 Å². The Hall–Kier alpha value is -3.36. The predicted octanol–water partition coefficient (Wildman–Crippen LogP) is 4.39. The molecule has 9 heteroatoms. The molecule has 0 amide bonds. The average molecular weight is 347 g/mol. The number of benzene rings is 2. The van der Waals surface area contributed by atoms with Crippen molar-refractivity contribution in [3.8, 4) is 11.3 Å². The number of nitrogen functional groups attached to an aromatic ring is 1. The number of aromatic nitrogens is 2. The molecule has 0 aliphatic rings. The topological polar surface area (TPSA) is 99.4 Å². The van der Waals surface area contributed by atoms with Crippen LogP contribution in [-0.4, -0.2) is 10.2 Å². The molecule has 25 heavy (non-hydrogen) atoms. The number of H-pyrrole nitrogens is 2. The van der Waals surface area contributed by atoms with Crippen molar-refractivity contribution in [2.75, 3.05) is 5.73 Å². The minimum absolute atomic E-state index is 0.0151. The molecule has 0 unspecified atom stereocenters. The first-order chi connectivity index (χ1) is 11.8. The molecule has 0 fully saturated rings. The van der Waals surface area contributed by atoms with Gasteiger partial charge >= 0.3 is 6.18 Å². The Bertz CT molecular complexity index is 970. The van der Waals surface area contributed by atoms with Gasteiger partial charge < -0.3 is 5.73 Å². The Kier molecular flexibility index (Phi) is 4.14. The number of alkyl halides is 3. The zero-order valence-corrected chi connectivity index (χ0v) is 12.6. The second-order valence-corrected chi connectivity index (χ2v) is 5.17. The van der Waals surface area contributed by atoms with Crippen LogP contribution in [0.4, 0.5) is 30.2 Å². The maximum absolute atomic E-state index is 12.7. The van der Waals surface area contributed by atoms with Gasteiger partial charge in [0.1, 0.15) is 0 Å². The summed E-state index contributed by atoms with van der Waals surface area (Å²) < 4.78 is 38.2. The van der Waals surface area contributed by atoms with Gasteiger partial charge in [-0.05, 0) is 30.3 Å². The van der Waals surface area contributed by atoms with E-state index in [0.717, 1.165) is 12.1 Å². The number of hydrogen-bond donors (Lipinski definition) is 3. The van der Waals surface area contributed by atoms with Gasteiger partial charge in [0.25, 0.3) is 5.56 Å². The van der Waals surface area contributed by atoms with Crippen molar-refractivity contribution in [2.45, 2.75) is 6.18 Å². The highest BCUT2D eigenvalue weighted by atomic mass is 19.4. The van der Waals surface area contributed by atoms with Crippen LogP contribution in [0.2, 0.25) is 0 Å². The fourth-order valence-electron chi connectivity index (χ4n) is 2.16. The summed E-state index contributed by atoms with van der Waals surface area (Å²) in [4.78, 5) is 11.9. The van der Waals surface area contributed by atoms with Crippen LogP contribution in [0.1, 0.15) is 5.56 Å². The largest absolute Gasteiger partial charge is 0.416 e. The van der Waals surface area contributed by atoms with Gasteiger partial charge in [-0.15, -0.1) is 5.11 Å². The van der Waals surface area contributed by atoms with E-state index >= 15 is 0 Å². The molecular weight excluding hydrogens is 335 g/mol. The molecule has 6 nitrogen and oxygen atoms in total. The fraction of sp³-hybridized carbons (Fsp3) is 0.0625. The molecular formula is C16H12F3N5O. The van der Waals surface area contributed by atoms with Gasteiger partial charge in [0.15, 0.2) is 5.69 Å². The molecule has 128 valence electrons. The van der Waals surface area contributed by atoms with Crippen LogP contribution >= 0.6 is 0 Å². The number of nitrogens with zero attached hydrogens (tertiary/aromatic N) is 2. The monoisotopic (exact) mass is 347 g/mol. The number of halogens is 3. The number of anilines is 1. The normalized spacial score (nSPS) is 12.0. The van der Waals surface area contributed by atoms with Gasteiger partial charge in [0.2, 0.25) is 0 Å². The second-order valence-electron chi connectivity index (χ2n) is 5.17. The third-order valence-corrected chi connectivity index (χ3v) is 3.39. The molecule has 4 N–H and O–H groups in total. The van der Waals surface area contributed by atoms with Crippen LogP contribution < -0.4 is 11.3 Å². The third kappa shape index (κ3) is 3.60. The van der Waals surface area contributed by atoms with Gasteiger partial charge in [-0.25, -0.2) is 0 Å². The predicted molar refractivity (Wildman–Crippen MR) is 86.9 cm³/mol. The van der Waals surface area contributed by atoms with Crippen molar-refractivity contribution in [2.24, 2.45) is 10.2 Å². The van der Waals surface area contributed by atoms with Crippen molar-refractivity contribution in [1.29, 1.82) is 0 Å². The molecule has 0 aliphatic heterocycles. The van der Waals surface area contributed by atoms with Gasteiger partial charge in [-0.1, -0.05) is 18.2 Å². The number of azo groups is 1. The molecule has 0 radical (unpaired) electrons. The third-order valence-electron chi connectivity index (χ3n) is 3.39. The molecule has 0 spiro atoms.